The van der Waals surface area contributed by atoms with E-state index in [2.05, 4.69) is 9.82 Å². The number of carbonyl (C=O) groups is 1. The van der Waals surface area contributed by atoms with E-state index in [0.717, 1.165) is 11.8 Å². The Balaban J connectivity index is 2.00. The lowest BCUT2D eigenvalue weighted by atomic mass is 9.97. The summed E-state index contributed by atoms with van der Waals surface area (Å²) < 4.78 is 25.8. The molecule has 0 radical (unpaired) electrons. The molecule has 0 bridgehead atoms. The number of nitrogens with one attached hydrogen (secondary N) is 1. The van der Waals surface area contributed by atoms with Crippen LogP contribution in [-0.4, -0.2) is 31.3 Å². The Morgan fingerprint density at radius 1 is 1.23 bits per heavy atom. The average molecular weight is 392 g/mol. The van der Waals surface area contributed by atoms with E-state index in [9.17, 15) is 13.2 Å². The summed E-state index contributed by atoms with van der Waals surface area (Å²) in [5, 5.41) is 6.46. The summed E-state index contributed by atoms with van der Waals surface area (Å²) in [5.41, 5.74) is 2.59. The maximum Gasteiger partial charge on any atom is 0.240 e. The van der Waals surface area contributed by atoms with E-state index in [0.29, 0.717) is 28.4 Å². The highest BCUT2D eigenvalue weighted by atomic mass is 35.5. The molecular formula is C18H18ClN3O3S. The molecule has 26 heavy (non-hydrogen) atoms. The number of halogens is 1. The molecule has 0 aliphatic carbocycles. The Kier molecular flexibility index (Phi) is 5.02. The first-order valence-electron chi connectivity index (χ1n) is 7.94. The van der Waals surface area contributed by atoms with Gasteiger partial charge in [0, 0.05) is 23.9 Å². The van der Waals surface area contributed by atoms with Crippen molar-refractivity contribution in [3.05, 3.63) is 64.7 Å². The van der Waals surface area contributed by atoms with Crippen LogP contribution in [0, 0.1) is 0 Å². The van der Waals surface area contributed by atoms with Gasteiger partial charge in [-0.05, 0) is 23.8 Å². The topological polar surface area (TPSA) is 78.8 Å². The van der Waals surface area contributed by atoms with E-state index in [1.807, 2.05) is 12.1 Å². The number of hydrogen-bond acceptors (Lipinski definition) is 4. The van der Waals surface area contributed by atoms with Crippen molar-refractivity contribution in [3.63, 3.8) is 0 Å². The minimum atomic E-state index is -3.43. The predicted molar refractivity (Wildman–Crippen MR) is 103 cm³/mol. The molecule has 0 saturated carbocycles. The number of hydrazone groups is 1. The van der Waals surface area contributed by atoms with Crippen LogP contribution in [0.2, 0.25) is 5.02 Å². The van der Waals surface area contributed by atoms with Crippen LogP contribution in [0.5, 0.6) is 0 Å². The zero-order valence-corrected chi connectivity index (χ0v) is 15.9. The van der Waals surface area contributed by atoms with Crippen LogP contribution in [-0.2, 0) is 14.8 Å². The van der Waals surface area contributed by atoms with Crippen LogP contribution in [0.25, 0.3) is 0 Å². The lowest BCUT2D eigenvalue weighted by Crippen LogP contribution is -2.24. The fourth-order valence-electron chi connectivity index (χ4n) is 2.96. The lowest BCUT2D eigenvalue weighted by Gasteiger charge is -2.20. The van der Waals surface area contributed by atoms with Crippen molar-refractivity contribution in [2.75, 3.05) is 11.0 Å². The molecule has 136 valence electrons. The third-order valence-corrected chi connectivity index (χ3v) is 4.83. The second kappa shape index (κ2) is 7.09. The molecule has 0 aromatic heterocycles. The van der Waals surface area contributed by atoms with Crippen molar-refractivity contribution < 1.29 is 13.2 Å². The Morgan fingerprint density at radius 3 is 2.62 bits per heavy atom. The third-order valence-electron chi connectivity index (χ3n) is 4.00. The van der Waals surface area contributed by atoms with Gasteiger partial charge in [-0.1, -0.05) is 41.9 Å². The molecule has 8 heteroatoms. The molecule has 0 fully saturated rings. The van der Waals surface area contributed by atoms with Crippen molar-refractivity contribution in [3.8, 4) is 0 Å². The van der Waals surface area contributed by atoms with E-state index >= 15 is 0 Å². The van der Waals surface area contributed by atoms with Crippen LogP contribution in [0.1, 0.15) is 30.5 Å². The van der Waals surface area contributed by atoms with Crippen molar-refractivity contribution in [1.82, 2.24) is 5.01 Å². The SMILES string of the molecule is CC(=O)N1N=C(c2ccccc2NS(C)(=O)=O)C[C@H]1c1cccc(Cl)c1. The van der Waals surface area contributed by atoms with Crippen molar-refractivity contribution >= 4 is 38.9 Å². The van der Waals surface area contributed by atoms with Gasteiger partial charge in [-0.25, -0.2) is 13.4 Å². The molecular weight excluding hydrogens is 374 g/mol. The van der Waals surface area contributed by atoms with Gasteiger partial charge >= 0.3 is 0 Å². The summed E-state index contributed by atoms with van der Waals surface area (Å²) in [7, 11) is -3.43. The normalized spacial score (nSPS) is 17.1. The molecule has 1 amide bonds. The standard InChI is InChI=1S/C18H18ClN3O3S/c1-12(23)22-18(13-6-5-7-14(19)10-13)11-17(20-22)15-8-3-4-9-16(15)21-26(2,24)25/h3-10,18,21H,11H2,1-2H3/t18-/m0/s1. The summed E-state index contributed by atoms with van der Waals surface area (Å²) in [4.78, 5) is 12.1. The maximum absolute atomic E-state index is 12.1. The molecule has 1 aliphatic heterocycles. The second-order valence-corrected chi connectivity index (χ2v) is 8.29. The molecule has 1 heterocycles. The molecule has 0 saturated heterocycles. The smallest absolute Gasteiger partial charge is 0.240 e. The van der Waals surface area contributed by atoms with Gasteiger partial charge in [0.15, 0.2) is 0 Å². The van der Waals surface area contributed by atoms with E-state index in [4.69, 9.17) is 11.6 Å². The number of para-hydroxylation sites is 1. The molecule has 1 aliphatic rings. The monoisotopic (exact) mass is 391 g/mol. The van der Waals surface area contributed by atoms with Crippen LogP contribution >= 0.6 is 11.6 Å². The molecule has 2 aromatic carbocycles. The van der Waals surface area contributed by atoms with Crippen LogP contribution in [0.15, 0.2) is 53.6 Å². The molecule has 2 aromatic rings. The quantitative estimate of drug-likeness (QED) is 0.867. The zero-order valence-electron chi connectivity index (χ0n) is 14.3. The van der Waals surface area contributed by atoms with Gasteiger partial charge in [-0.15, -0.1) is 0 Å². The van der Waals surface area contributed by atoms with Gasteiger partial charge in [0.2, 0.25) is 15.9 Å². The summed E-state index contributed by atoms with van der Waals surface area (Å²) in [5.74, 6) is -0.196. The minimum absolute atomic E-state index is 0.196. The van der Waals surface area contributed by atoms with E-state index in [-0.39, 0.29) is 11.9 Å². The minimum Gasteiger partial charge on any atom is -0.283 e. The number of carbonyl (C=O) groups excluding carboxylic acids is 1. The molecule has 1 atom stereocenters. The molecule has 3 rings (SSSR count). The summed E-state index contributed by atoms with van der Waals surface area (Å²) in [6, 6.07) is 14.0. The maximum atomic E-state index is 12.1. The van der Waals surface area contributed by atoms with Gasteiger partial charge < -0.3 is 0 Å². The number of nitrogens with zero attached hydrogens (tertiary/aromatic N) is 2. The largest absolute Gasteiger partial charge is 0.283 e. The molecule has 0 spiro atoms. The Hall–Kier alpha value is -2.38. The second-order valence-electron chi connectivity index (χ2n) is 6.11. The highest BCUT2D eigenvalue weighted by Gasteiger charge is 2.32. The first kappa shape index (κ1) is 18.4. The van der Waals surface area contributed by atoms with E-state index in [1.165, 1.54) is 11.9 Å². The van der Waals surface area contributed by atoms with Crippen molar-refractivity contribution in [2.24, 2.45) is 5.10 Å². The predicted octanol–water partition coefficient (Wildman–Crippen LogP) is 3.41. The van der Waals surface area contributed by atoms with Crippen LogP contribution in [0.3, 0.4) is 0 Å². The number of amides is 1. The molecule has 1 N–H and O–H groups in total. The number of rotatable bonds is 4. The van der Waals surface area contributed by atoms with Gasteiger partial charge in [-0.3, -0.25) is 9.52 Å². The van der Waals surface area contributed by atoms with Crippen LogP contribution in [0.4, 0.5) is 5.69 Å². The van der Waals surface area contributed by atoms with Crippen molar-refractivity contribution in [1.29, 1.82) is 0 Å². The third kappa shape index (κ3) is 4.05. The first-order chi connectivity index (χ1) is 12.2. The van der Waals surface area contributed by atoms with Gasteiger partial charge in [-0.2, -0.15) is 5.10 Å². The average Bonchev–Trinajstić information content (AvgIpc) is 2.99. The number of hydrogen-bond donors (Lipinski definition) is 1. The summed E-state index contributed by atoms with van der Waals surface area (Å²) in [6.07, 6.45) is 1.55. The first-order valence-corrected chi connectivity index (χ1v) is 10.2. The Labute approximate surface area is 157 Å². The lowest BCUT2D eigenvalue weighted by molar-refractivity contribution is -0.130. The summed E-state index contributed by atoms with van der Waals surface area (Å²) >= 11 is 6.08. The van der Waals surface area contributed by atoms with Gasteiger partial charge in [0.25, 0.3) is 0 Å². The molecule has 0 unspecified atom stereocenters. The summed E-state index contributed by atoms with van der Waals surface area (Å²) in [6.45, 7) is 1.45. The van der Waals surface area contributed by atoms with Crippen LogP contribution < -0.4 is 4.72 Å². The van der Waals surface area contributed by atoms with Crippen molar-refractivity contribution in [2.45, 2.75) is 19.4 Å². The molecule has 6 nitrogen and oxygen atoms in total. The number of anilines is 1. The highest BCUT2D eigenvalue weighted by Crippen LogP contribution is 2.35. The fraction of sp³-hybridized carbons (Fsp3) is 0.222. The number of sulfonamides is 1. The van der Waals surface area contributed by atoms with Gasteiger partial charge in [0.1, 0.15) is 0 Å². The van der Waals surface area contributed by atoms with E-state index in [1.54, 1.807) is 36.4 Å². The van der Waals surface area contributed by atoms with E-state index < -0.39 is 10.0 Å². The number of benzene rings is 2. The Morgan fingerprint density at radius 2 is 1.96 bits per heavy atom. The zero-order chi connectivity index (χ0) is 18.9. The fourth-order valence-corrected chi connectivity index (χ4v) is 3.74. The van der Waals surface area contributed by atoms with Gasteiger partial charge in [0.05, 0.1) is 23.7 Å². The Bertz CT molecular complexity index is 989. The highest BCUT2D eigenvalue weighted by molar-refractivity contribution is 7.92.